The topological polar surface area (TPSA) is 38.8 Å². The summed E-state index contributed by atoms with van der Waals surface area (Å²) in [6.45, 7) is 10.4. The molecule has 1 aliphatic heterocycles. The Kier molecular flexibility index (Phi) is 5.72. The van der Waals surface area contributed by atoms with Crippen molar-refractivity contribution in [3.05, 3.63) is 11.8 Å². The van der Waals surface area contributed by atoms with E-state index in [9.17, 15) is 4.79 Å². The van der Waals surface area contributed by atoms with E-state index in [4.69, 9.17) is 9.16 Å². The molecule has 0 saturated heterocycles. The van der Waals surface area contributed by atoms with E-state index in [2.05, 4.69) is 26.6 Å². The summed E-state index contributed by atoms with van der Waals surface area (Å²) in [5.74, 6) is 1.03. The Hall–Kier alpha value is -0.973. The second-order valence-corrected chi connectivity index (χ2v) is 9.98. The predicted molar refractivity (Wildman–Crippen MR) is 75.0 cm³/mol. The Labute approximate surface area is 111 Å². The number of carbonyl (C=O) groups is 1. The SMILES string of the molecule is CCCCOC(=O)N1CC=C(O[Si](C)(C)C)CC1. The number of carbonyl (C=O) groups excluding carboxylic acids is 1. The van der Waals surface area contributed by atoms with Crippen LogP contribution in [-0.4, -0.2) is 39.0 Å². The molecule has 18 heavy (non-hydrogen) atoms. The first-order valence-electron chi connectivity index (χ1n) is 6.72. The summed E-state index contributed by atoms with van der Waals surface area (Å²) in [5, 5.41) is 0. The summed E-state index contributed by atoms with van der Waals surface area (Å²) < 4.78 is 11.1. The lowest BCUT2D eigenvalue weighted by Crippen LogP contribution is -2.37. The van der Waals surface area contributed by atoms with Crippen LogP contribution < -0.4 is 0 Å². The molecule has 0 N–H and O–H groups in total. The first kappa shape index (κ1) is 15.1. The smallest absolute Gasteiger partial charge is 0.410 e. The van der Waals surface area contributed by atoms with Gasteiger partial charge in [0.15, 0.2) is 0 Å². The van der Waals surface area contributed by atoms with E-state index in [0.29, 0.717) is 19.7 Å². The van der Waals surface area contributed by atoms with Crippen molar-refractivity contribution in [2.75, 3.05) is 19.7 Å². The molecule has 0 unspecified atom stereocenters. The van der Waals surface area contributed by atoms with Gasteiger partial charge in [-0.05, 0) is 32.1 Å². The van der Waals surface area contributed by atoms with Crippen LogP contribution in [0.25, 0.3) is 0 Å². The third-order valence-electron chi connectivity index (χ3n) is 2.59. The number of ether oxygens (including phenoxy) is 1. The maximum Gasteiger partial charge on any atom is 0.410 e. The second kappa shape index (κ2) is 6.83. The normalized spacial score (nSPS) is 16.2. The Morgan fingerprint density at radius 1 is 1.44 bits per heavy atom. The van der Waals surface area contributed by atoms with Crippen molar-refractivity contribution in [3.8, 4) is 0 Å². The van der Waals surface area contributed by atoms with Crippen LogP contribution >= 0.6 is 0 Å². The zero-order valence-electron chi connectivity index (χ0n) is 12.0. The molecule has 1 heterocycles. The molecule has 0 spiro atoms. The van der Waals surface area contributed by atoms with Gasteiger partial charge < -0.3 is 14.1 Å². The van der Waals surface area contributed by atoms with Gasteiger partial charge >= 0.3 is 6.09 Å². The minimum atomic E-state index is -1.52. The lowest BCUT2D eigenvalue weighted by atomic mass is 10.2. The van der Waals surface area contributed by atoms with E-state index < -0.39 is 8.32 Å². The van der Waals surface area contributed by atoms with Gasteiger partial charge in [0.25, 0.3) is 0 Å². The number of unbranched alkanes of at least 4 members (excludes halogenated alkanes) is 1. The van der Waals surface area contributed by atoms with Gasteiger partial charge in [0.2, 0.25) is 8.32 Å². The molecule has 5 heteroatoms. The summed E-state index contributed by atoms with van der Waals surface area (Å²) in [6.07, 6.45) is 4.57. The van der Waals surface area contributed by atoms with Crippen LogP contribution in [0.1, 0.15) is 26.2 Å². The van der Waals surface area contributed by atoms with E-state index >= 15 is 0 Å². The summed E-state index contributed by atoms with van der Waals surface area (Å²) in [7, 11) is -1.52. The molecule has 0 aromatic rings. The molecular weight excluding hydrogens is 246 g/mol. The van der Waals surface area contributed by atoms with Gasteiger partial charge in [0.05, 0.1) is 12.4 Å². The fourth-order valence-corrected chi connectivity index (χ4v) is 2.67. The zero-order chi connectivity index (χ0) is 13.6. The average molecular weight is 271 g/mol. The molecule has 104 valence electrons. The van der Waals surface area contributed by atoms with Crippen LogP contribution in [0.15, 0.2) is 11.8 Å². The molecule has 1 aliphatic rings. The summed E-state index contributed by atoms with van der Waals surface area (Å²) in [5.41, 5.74) is 0. The van der Waals surface area contributed by atoms with Crippen LogP contribution in [-0.2, 0) is 9.16 Å². The number of rotatable bonds is 5. The van der Waals surface area contributed by atoms with Crippen molar-refractivity contribution in [2.24, 2.45) is 0 Å². The molecule has 0 saturated carbocycles. The highest BCUT2D eigenvalue weighted by atomic mass is 28.4. The zero-order valence-corrected chi connectivity index (χ0v) is 13.0. The highest BCUT2D eigenvalue weighted by Gasteiger charge is 2.22. The molecule has 0 bridgehead atoms. The fourth-order valence-electron chi connectivity index (χ4n) is 1.70. The Balaban J connectivity index is 2.35. The maximum absolute atomic E-state index is 11.7. The van der Waals surface area contributed by atoms with Gasteiger partial charge in [0.1, 0.15) is 0 Å². The van der Waals surface area contributed by atoms with Gasteiger partial charge in [-0.15, -0.1) is 0 Å². The van der Waals surface area contributed by atoms with Gasteiger partial charge in [-0.25, -0.2) is 4.79 Å². The first-order chi connectivity index (χ1) is 8.42. The van der Waals surface area contributed by atoms with Crippen molar-refractivity contribution >= 4 is 14.4 Å². The highest BCUT2D eigenvalue weighted by molar-refractivity contribution is 6.70. The van der Waals surface area contributed by atoms with Crippen molar-refractivity contribution in [1.29, 1.82) is 0 Å². The number of hydrogen-bond donors (Lipinski definition) is 0. The lowest BCUT2D eigenvalue weighted by molar-refractivity contribution is 0.102. The van der Waals surface area contributed by atoms with Gasteiger partial charge in [-0.1, -0.05) is 13.3 Å². The minimum absolute atomic E-state index is 0.202. The van der Waals surface area contributed by atoms with Crippen LogP contribution in [0, 0.1) is 0 Å². The average Bonchev–Trinajstić information content (AvgIpc) is 2.28. The Morgan fingerprint density at radius 3 is 2.67 bits per heavy atom. The van der Waals surface area contributed by atoms with E-state index in [1.807, 2.05) is 6.08 Å². The summed E-state index contributed by atoms with van der Waals surface area (Å²) in [4.78, 5) is 13.4. The Morgan fingerprint density at radius 2 is 2.17 bits per heavy atom. The molecule has 1 rings (SSSR count). The van der Waals surface area contributed by atoms with Crippen molar-refractivity contribution in [3.63, 3.8) is 0 Å². The molecule has 0 radical (unpaired) electrons. The van der Waals surface area contributed by atoms with Crippen LogP contribution in [0.2, 0.25) is 19.6 Å². The number of nitrogens with zero attached hydrogens (tertiary/aromatic N) is 1. The van der Waals surface area contributed by atoms with E-state index in [1.54, 1.807) is 4.90 Å². The van der Waals surface area contributed by atoms with E-state index in [-0.39, 0.29) is 6.09 Å². The van der Waals surface area contributed by atoms with E-state index in [1.165, 1.54) is 0 Å². The van der Waals surface area contributed by atoms with Crippen LogP contribution in [0.5, 0.6) is 0 Å². The van der Waals surface area contributed by atoms with E-state index in [0.717, 1.165) is 25.0 Å². The number of amides is 1. The maximum atomic E-state index is 11.7. The van der Waals surface area contributed by atoms with Crippen molar-refractivity contribution in [2.45, 2.75) is 45.8 Å². The van der Waals surface area contributed by atoms with Crippen LogP contribution in [0.3, 0.4) is 0 Å². The van der Waals surface area contributed by atoms with Crippen LogP contribution in [0.4, 0.5) is 4.79 Å². The largest absolute Gasteiger partial charge is 0.547 e. The predicted octanol–water partition coefficient (Wildman–Crippen LogP) is 3.36. The monoisotopic (exact) mass is 271 g/mol. The standard InChI is InChI=1S/C13H25NO3Si/c1-5-6-11-16-13(15)14-9-7-12(8-10-14)17-18(2,3)4/h7H,5-6,8-11H2,1-4H3. The molecular formula is C13H25NO3Si. The molecule has 4 nitrogen and oxygen atoms in total. The van der Waals surface area contributed by atoms with Gasteiger partial charge in [-0.2, -0.15) is 0 Å². The fraction of sp³-hybridized carbons (Fsp3) is 0.769. The highest BCUT2D eigenvalue weighted by Crippen LogP contribution is 2.18. The number of hydrogen-bond acceptors (Lipinski definition) is 3. The molecule has 0 aromatic carbocycles. The third-order valence-corrected chi connectivity index (χ3v) is 3.46. The quantitative estimate of drug-likeness (QED) is 0.568. The summed E-state index contributed by atoms with van der Waals surface area (Å²) >= 11 is 0. The summed E-state index contributed by atoms with van der Waals surface area (Å²) in [6, 6.07) is 0. The molecule has 0 atom stereocenters. The molecule has 0 aromatic heterocycles. The Bertz CT molecular complexity index is 310. The lowest BCUT2D eigenvalue weighted by Gasteiger charge is -2.29. The van der Waals surface area contributed by atoms with Gasteiger partial charge in [0, 0.05) is 19.5 Å². The second-order valence-electron chi connectivity index (χ2n) is 5.55. The van der Waals surface area contributed by atoms with Crippen molar-refractivity contribution < 1.29 is 14.0 Å². The minimum Gasteiger partial charge on any atom is -0.547 e. The molecule has 1 amide bonds. The first-order valence-corrected chi connectivity index (χ1v) is 10.1. The third kappa shape index (κ3) is 5.58. The van der Waals surface area contributed by atoms with Crippen molar-refractivity contribution in [1.82, 2.24) is 4.90 Å². The molecule has 0 aliphatic carbocycles. The van der Waals surface area contributed by atoms with Gasteiger partial charge in [-0.3, -0.25) is 0 Å². The molecule has 0 fully saturated rings.